The van der Waals surface area contributed by atoms with E-state index in [-0.39, 0.29) is 12.4 Å². The molecule has 7 heteroatoms. The fourth-order valence-corrected chi connectivity index (χ4v) is 1.83. The van der Waals surface area contributed by atoms with E-state index in [0.29, 0.717) is 15.8 Å². The van der Waals surface area contributed by atoms with Crippen LogP contribution in [-0.4, -0.2) is 17.5 Å². The highest BCUT2D eigenvalue weighted by Crippen LogP contribution is 2.27. The van der Waals surface area contributed by atoms with Crippen molar-refractivity contribution in [1.29, 1.82) is 0 Å². The van der Waals surface area contributed by atoms with Crippen LogP contribution in [0.1, 0.15) is 0 Å². The maximum atomic E-state index is 12.6. The third-order valence-electron chi connectivity index (χ3n) is 2.25. The average molecular weight is 315 g/mol. The summed E-state index contributed by atoms with van der Waals surface area (Å²) in [5.74, 6) is -0.331. The number of pyridine rings is 1. The number of nitrogens with one attached hydrogen (secondary N) is 1. The van der Waals surface area contributed by atoms with Gasteiger partial charge in [0.1, 0.15) is 17.4 Å². The van der Waals surface area contributed by atoms with E-state index in [0.717, 1.165) is 6.20 Å². The van der Waals surface area contributed by atoms with Crippen molar-refractivity contribution in [3.8, 4) is 5.75 Å². The molecule has 0 bridgehead atoms. The number of anilines is 1. The first-order valence-electron chi connectivity index (χ1n) is 5.54. The monoisotopic (exact) mass is 314 g/mol. The van der Waals surface area contributed by atoms with Crippen LogP contribution >= 0.6 is 23.2 Å². The topological polar surface area (TPSA) is 51.2 Å². The number of amides is 1. The number of carbonyl (C=O) groups excluding carboxylic acids is 1. The quantitative estimate of drug-likeness (QED) is 0.939. The summed E-state index contributed by atoms with van der Waals surface area (Å²) in [5.41, 5.74) is 0. The summed E-state index contributed by atoms with van der Waals surface area (Å²) in [6, 6.07) is 7.22. The number of nitrogens with zero attached hydrogens (tertiary/aromatic N) is 1. The Bertz CT molecular complexity index is 620. The molecule has 2 rings (SSSR count). The summed E-state index contributed by atoms with van der Waals surface area (Å²) in [4.78, 5) is 15.3. The highest BCUT2D eigenvalue weighted by Gasteiger charge is 2.07. The van der Waals surface area contributed by atoms with Gasteiger partial charge in [-0.1, -0.05) is 23.2 Å². The van der Waals surface area contributed by atoms with Gasteiger partial charge in [-0.3, -0.25) is 4.79 Å². The molecule has 1 aromatic heterocycles. The molecule has 0 unspecified atom stereocenters. The standard InChI is InChI=1S/C13H9Cl2FN2O2/c14-8-1-3-11(10(15)5-8)20-7-13(19)18-12-4-2-9(16)6-17-12/h1-6H,7H2,(H,17,18,19). The Morgan fingerprint density at radius 2 is 2.10 bits per heavy atom. The Labute approximate surface area is 124 Å². The smallest absolute Gasteiger partial charge is 0.263 e. The van der Waals surface area contributed by atoms with Gasteiger partial charge in [-0.15, -0.1) is 0 Å². The minimum absolute atomic E-state index is 0.238. The molecule has 1 heterocycles. The summed E-state index contributed by atoms with van der Waals surface area (Å²) in [7, 11) is 0. The summed E-state index contributed by atoms with van der Waals surface area (Å²) in [6.45, 7) is -0.250. The first-order chi connectivity index (χ1) is 9.54. The van der Waals surface area contributed by atoms with Gasteiger partial charge in [0, 0.05) is 5.02 Å². The van der Waals surface area contributed by atoms with E-state index in [9.17, 15) is 9.18 Å². The van der Waals surface area contributed by atoms with Crippen LogP contribution in [-0.2, 0) is 4.79 Å². The van der Waals surface area contributed by atoms with Crippen LogP contribution in [0.4, 0.5) is 10.2 Å². The van der Waals surface area contributed by atoms with Crippen molar-refractivity contribution in [2.75, 3.05) is 11.9 Å². The molecule has 0 saturated heterocycles. The van der Waals surface area contributed by atoms with Crippen molar-refractivity contribution < 1.29 is 13.9 Å². The Balaban J connectivity index is 1.90. The number of halogens is 3. The van der Waals surface area contributed by atoms with Gasteiger partial charge in [0.05, 0.1) is 11.2 Å². The van der Waals surface area contributed by atoms with Crippen LogP contribution < -0.4 is 10.1 Å². The Morgan fingerprint density at radius 1 is 1.30 bits per heavy atom. The van der Waals surface area contributed by atoms with E-state index < -0.39 is 11.7 Å². The molecule has 0 aliphatic rings. The minimum Gasteiger partial charge on any atom is -0.482 e. The molecule has 1 N–H and O–H groups in total. The lowest BCUT2D eigenvalue weighted by atomic mass is 10.3. The Hall–Kier alpha value is -1.85. The number of rotatable bonds is 4. The van der Waals surface area contributed by atoms with E-state index in [2.05, 4.69) is 10.3 Å². The van der Waals surface area contributed by atoms with E-state index in [1.807, 2.05) is 0 Å². The molecule has 104 valence electrons. The molecule has 20 heavy (non-hydrogen) atoms. The van der Waals surface area contributed by atoms with Crippen LogP contribution in [0.15, 0.2) is 36.5 Å². The predicted octanol–water partition coefficient (Wildman–Crippen LogP) is 3.55. The number of carbonyl (C=O) groups is 1. The zero-order chi connectivity index (χ0) is 14.5. The second kappa shape index (κ2) is 6.54. The summed E-state index contributed by atoms with van der Waals surface area (Å²) in [5, 5.41) is 3.24. The van der Waals surface area contributed by atoms with Crippen LogP contribution in [0.3, 0.4) is 0 Å². The molecule has 0 radical (unpaired) electrons. The van der Waals surface area contributed by atoms with Crippen LogP contribution in [0.5, 0.6) is 5.75 Å². The largest absolute Gasteiger partial charge is 0.482 e. The first kappa shape index (κ1) is 14.6. The Morgan fingerprint density at radius 3 is 2.75 bits per heavy atom. The number of hydrogen-bond acceptors (Lipinski definition) is 3. The van der Waals surface area contributed by atoms with E-state index in [1.165, 1.54) is 18.2 Å². The third-order valence-corrected chi connectivity index (χ3v) is 2.78. The van der Waals surface area contributed by atoms with Crippen LogP contribution in [0.25, 0.3) is 0 Å². The molecular weight excluding hydrogens is 306 g/mol. The van der Waals surface area contributed by atoms with E-state index in [4.69, 9.17) is 27.9 Å². The fourth-order valence-electron chi connectivity index (χ4n) is 1.36. The molecular formula is C13H9Cl2FN2O2. The Kier molecular flexibility index (Phi) is 4.76. The molecule has 0 aliphatic carbocycles. The fraction of sp³-hybridized carbons (Fsp3) is 0.0769. The van der Waals surface area contributed by atoms with Gasteiger partial charge >= 0.3 is 0 Å². The number of hydrogen-bond donors (Lipinski definition) is 1. The van der Waals surface area contributed by atoms with Gasteiger partial charge in [-0.25, -0.2) is 9.37 Å². The first-order valence-corrected chi connectivity index (χ1v) is 6.29. The number of ether oxygens (including phenoxy) is 1. The molecule has 0 spiro atoms. The zero-order valence-electron chi connectivity index (χ0n) is 10.1. The summed E-state index contributed by atoms with van der Waals surface area (Å²) >= 11 is 11.6. The van der Waals surface area contributed by atoms with Gasteiger partial charge in [0.15, 0.2) is 6.61 Å². The molecule has 1 aromatic carbocycles. The molecule has 0 fully saturated rings. The predicted molar refractivity (Wildman–Crippen MR) is 74.8 cm³/mol. The number of benzene rings is 1. The van der Waals surface area contributed by atoms with Crippen molar-refractivity contribution in [1.82, 2.24) is 4.98 Å². The lowest BCUT2D eigenvalue weighted by Gasteiger charge is -2.08. The average Bonchev–Trinajstić information content (AvgIpc) is 2.40. The van der Waals surface area contributed by atoms with Gasteiger partial charge in [-0.05, 0) is 30.3 Å². The van der Waals surface area contributed by atoms with E-state index in [1.54, 1.807) is 12.1 Å². The molecule has 0 atom stereocenters. The van der Waals surface area contributed by atoms with Crippen molar-refractivity contribution >= 4 is 34.9 Å². The van der Waals surface area contributed by atoms with Crippen molar-refractivity contribution in [2.24, 2.45) is 0 Å². The second-order valence-corrected chi connectivity index (χ2v) is 4.62. The molecule has 0 aliphatic heterocycles. The van der Waals surface area contributed by atoms with E-state index >= 15 is 0 Å². The second-order valence-electron chi connectivity index (χ2n) is 3.77. The maximum Gasteiger partial charge on any atom is 0.263 e. The van der Waals surface area contributed by atoms with Gasteiger partial charge in [0.25, 0.3) is 5.91 Å². The third kappa shape index (κ3) is 4.08. The lowest BCUT2D eigenvalue weighted by molar-refractivity contribution is -0.118. The highest BCUT2D eigenvalue weighted by atomic mass is 35.5. The molecule has 2 aromatic rings. The van der Waals surface area contributed by atoms with Crippen molar-refractivity contribution in [3.05, 3.63) is 52.4 Å². The number of aromatic nitrogens is 1. The molecule has 4 nitrogen and oxygen atoms in total. The zero-order valence-corrected chi connectivity index (χ0v) is 11.6. The van der Waals surface area contributed by atoms with Crippen LogP contribution in [0, 0.1) is 5.82 Å². The molecule has 1 amide bonds. The summed E-state index contributed by atoms with van der Waals surface area (Å²) < 4.78 is 17.9. The SMILES string of the molecule is O=C(COc1ccc(Cl)cc1Cl)Nc1ccc(F)cn1. The van der Waals surface area contributed by atoms with Crippen LogP contribution in [0.2, 0.25) is 10.0 Å². The highest BCUT2D eigenvalue weighted by molar-refractivity contribution is 6.35. The maximum absolute atomic E-state index is 12.6. The van der Waals surface area contributed by atoms with Gasteiger partial charge in [-0.2, -0.15) is 0 Å². The minimum atomic E-state index is -0.479. The van der Waals surface area contributed by atoms with Gasteiger partial charge < -0.3 is 10.1 Å². The lowest BCUT2D eigenvalue weighted by Crippen LogP contribution is -2.20. The van der Waals surface area contributed by atoms with Crippen molar-refractivity contribution in [3.63, 3.8) is 0 Å². The van der Waals surface area contributed by atoms with Crippen molar-refractivity contribution in [2.45, 2.75) is 0 Å². The normalized spacial score (nSPS) is 10.2. The summed E-state index contributed by atoms with van der Waals surface area (Å²) in [6.07, 6.45) is 1.01. The molecule has 0 saturated carbocycles. The van der Waals surface area contributed by atoms with Gasteiger partial charge in [0.2, 0.25) is 0 Å².